The van der Waals surface area contributed by atoms with E-state index in [1.807, 2.05) is 13.8 Å². The summed E-state index contributed by atoms with van der Waals surface area (Å²) in [6.07, 6.45) is 1.97. The molecule has 78 valence electrons. The van der Waals surface area contributed by atoms with Gasteiger partial charge in [0, 0.05) is 5.57 Å². The quantitative estimate of drug-likeness (QED) is 0.553. The second-order valence-electron chi connectivity index (χ2n) is 2.23. The van der Waals surface area contributed by atoms with Crippen LogP contribution >= 0.6 is 0 Å². The van der Waals surface area contributed by atoms with Crippen molar-refractivity contribution in [3.05, 3.63) is 23.3 Å². The maximum absolute atomic E-state index is 12.8. The van der Waals surface area contributed by atoms with E-state index >= 15 is 0 Å². The summed E-state index contributed by atoms with van der Waals surface area (Å²) in [6, 6.07) is 0. The van der Waals surface area contributed by atoms with Crippen molar-refractivity contribution in [2.45, 2.75) is 47.5 Å². The van der Waals surface area contributed by atoms with Gasteiger partial charge in [0.25, 0.3) is 0 Å². The zero-order chi connectivity index (χ0) is 10.9. The van der Waals surface area contributed by atoms with Crippen LogP contribution in [0.25, 0.3) is 0 Å². The van der Waals surface area contributed by atoms with Gasteiger partial charge in [-0.05, 0) is 19.8 Å². The average molecular weight is 190 g/mol. The summed E-state index contributed by atoms with van der Waals surface area (Å²) in [5, 5.41) is 0. The van der Waals surface area contributed by atoms with Crippen molar-refractivity contribution in [1.29, 1.82) is 0 Å². The number of hydrogen-bond acceptors (Lipinski definition) is 0. The van der Waals surface area contributed by atoms with Gasteiger partial charge in [-0.3, -0.25) is 0 Å². The molecule has 0 atom stereocenters. The van der Waals surface area contributed by atoms with E-state index < -0.39 is 5.83 Å². The van der Waals surface area contributed by atoms with Crippen molar-refractivity contribution in [2.75, 3.05) is 0 Å². The molecule has 0 heterocycles. The van der Waals surface area contributed by atoms with Gasteiger partial charge in [0.2, 0.25) is 0 Å². The SMILES string of the molecule is C/C=C(F)\C(CC)=C(\F)CC.CC. The number of hydrogen-bond donors (Lipinski definition) is 0. The van der Waals surface area contributed by atoms with E-state index in [-0.39, 0.29) is 17.8 Å². The smallest absolute Gasteiger partial charge is 0.124 e. The molecule has 0 N–H and O–H groups in total. The Morgan fingerprint density at radius 3 is 1.77 bits per heavy atom. The molecule has 0 amide bonds. The van der Waals surface area contributed by atoms with E-state index in [0.717, 1.165) is 0 Å². The molecule has 0 saturated carbocycles. The summed E-state index contributed by atoms with van der Waals surface area (Å²) in [6.45, 7) is 8.98. The van der Waals surface area contributed by atoms with E-state index in [1.54, 1.807) is 20.8 Å². The normalized spacial score (nSPS) is 13.0. The fourth-order valence-electron chi connectivity index (χ4n) is 0.878. The Balaban J connectivity index is 0. The van der Waals surface area contributed by atoms with Crippen LogP contribution in [0.1, 0.15) is 47.5 Å². The summed E-state index contributed by atoms with van der Waals surface area (Å²) in [4.78, 5) is 0. The Bertz CT molecular complexity index is 179. The minimum absolute atomic E-state index is 0.204. The van der Waals surface area contributed by atoms with Crippen molar-refractivity contribution in [3.8, 4) is 0 Å². The first-order valence-corrected chi connectivity index (χ1v) is 4.87. The highest BCUT2D eigenvalue weighted by molar-refractivity contribution is 5.27. The van der Waals surface area contributed by atoms with Crippen molar-refractivity contribution >= 4 is 0 Å². The van der Waals surface area contributed by atoms with Crippen LogP contribution in [0.4, 0.5) is 8.78 Å². The largest absolute Gasteiger partial charge is 0.211 e. The Labute approximate surface area is 80.3 Å². The van der Waals surface area contributed by atoms with Gasteiger partial charge in [-0.25, -0.2) is 8.78 Å². The summed E-state index contributed by atoms with van der Waals surface area (Å²) in [7, 11) is 0. The number of rotatable bonds is 3. The van der Waals surface area contributed by atoms with E-state index in [2.05, 4.69) is 0 Å². The first-order chi connectivity index (χ1) is 6.17. The average Bonchev–Trinajstić information content (AvgIpc) is 2.21. The number of allylic oxidation sites excluding steroid dienone is 4. The second kappa shape index (κ2) is 9.43. The summed E-state index contributed by atoms with van der Waals surface area (Å²) in [5.74, 6) is -0.782. The molecule has 0 aromatic rings. The molecule has 0 aromatic carbocycles. The van der Waals surface area contributed by atoms with Gasteiger partial charge in [0.15, 0.2) is 0 Å². The molecule has 0 unspecified atom stereocenters. The lowest BCUT2D eigenvalue weighted by molar-refractivity contribution is 0.561. The minimum atomic E-state index is -0.438. The van der Waals surface area contributed by atoms with Crippen molar-refractivity contribution in [2.24, 2.45) is 0 Å². The molecule has 0 saturated heterocycles. The fraction of sp³-hybridized carbons (Fsp3) is 0.636. The Morgan fingerprint density at radius 1 is 1.08 bits per heavy atom. The lowest BCUT2D eigenvalue weighted by Crippen LogP contribution is -1.86. The van der Waals surface area contributed by atoms with Crippen molar-refractivity contribution in [1.82, 2.24) is 0 Å². The molecular weight excluding hydrogens is 170 g/mol. The van der Waals surface area contributed by atoms with Gasteiger partial charge >= 0.3 is 0 Å². The van der Waals surface area contributed by atoms with Crippen LogP contribution in [0, 0.1) is 0 Å². The van der Waals surface area contributed by atoms with Crippen LogP contribution < -0.4 is 0 Å². The molecule has 0 nitrogen and oxygen atoms in total. The second-order valence-corrected chi connectivity index (χ2v) is 2.23. The van der Waals surface area contributed by atoms with Gasteiger partial charge in [-0.15, -0.1) is 0 Å². The van der Waals surface area contributed by atoms with Crippen molar-refractivity contribution in [3.63, 3.8) is 0 Å². The first kappa shape index (κ1) is 14.8. The van der Waals surface area contributed by atoms with Gasteiger partial charge in [-0.2, -0.15) is 0 Å². The molecule has 2 heteroatoms. The molecule has 0 rings (SSSR count). The highest BCUT2D eigenvalue weighted by Gasteiger charge is 2.06. The van der Waals surface area contributed by atoms with Crippen molar-refractivity contribution < 1.29 is 8.78 Å². The van der Waals surface area contributed by atoms with Gasteiger partial charge in [0.05, 0.1) is 0 Å². The molecule has 0 fully saturated rings. The van der Waals surface area contributed by atoms with E-state index in [9.17, 15) is 8.78 Å². The van der Waals surface area contributed by atoms with Gasteiger partial charge < -0.3 is 0 Å². The monoisotopic (exact) mass is 190 g/mol. The molecule has 0 aliphatic carbocycles. The Hall–Kier alpha value is -0.660. The summed E-state index contributed by atoms with van der Waals surface area (Å²) >= 11 is 0. The maximum atomic E-state index is 12.8. The molecular formula is C11H20F2. The predicted molar refractivity (Wildman–Crippen MR) is 54.9 cm³/mol. The molecule has 0 aliphatic rings. The third-order valence-electron chi connectivity index (χ3n) is 1.53. The van der Waals surface area contributed by atoms with Crippen LogP contribution in [0.15, 0.2) is 23.3 Å². The predicted octanol–water partition coefficient (Wildman–Crippen LogP) is 4.93. The minimum Gasteiger partial charge on any atom is -0.211 e. The van der Waals surface area contributed by atoms with E-state index in [4.69, 9.17) is 0 Å². The molecule has 0 radical (unpaired) electrons. The van der Waals surface area contributed by atoms with Crippen LogP contribution in [0.3, 0.4) is 0 Å². The van der Waals surface area contributed by atoms with Crippen LogP contribution in [0.2, 0.25) is 0 Å². The van der Waals surface area contributed by atoms with E-state index in [0.29, 0.717) is 6.42 Å². The third-order valence-corrected chi connectivity index (χ3v) is 1.53. The molecule has 0 aliphatic heterocycles. The van der Waals surface area contributed by atoms with Crippen LogP contribution in [-0.4, -0.2) is 0 Å². The van der Waals surface area contributed by atoms with E-state index in [1.165, 1.54) is 6.08 Å². The molecule has 0 bridgehead atoms. The number of halogens is 2. The standard InChI is InChI=1S/C9H14F2.C2H6/c1-4-7(8(10)5-2)9(11)6-3;1-2/h5H,4,6H2,1-3H3;1-2H3/b8-5+,9-7+;. The van der Waals surface area contributed by atoms with Crippen LogP contribution in [0.5, 0.6) is 0 Å². The molecule has 13 heavy (non-hydrogen) atoms. The zero-order valence-corrected chi connectivity index (χ0v) is 9.25. The maximum Gasteiger partial charge on any atom is 0.124 e. The lowest BCUT2D eigenvalue weighted by atomic mass is 10.1. The third kappa shape index (κ3) is 5.56. The summed E-state index contributed by atoms with van der Waals surface area (Å²) < 4.78 is 25.6. The summed E-state index contributed by atoms with van der Waals surface area (Å²) in [5.41, 5.74) is 0.204. The molecule has 0 aromatic heterocycles. The van der Waals surface area contributed by atoms with Gasteiger partial charge in [-0.1, -0.05) is 33.8 Å². The lowest BCUT2D eigenvalue weighted by Gasteiger charge is -2.01. The topological polar surface area (TPSA) is 0 Å². The Morgan fingerprint density at radius 2 is 1.54 bits per heavy atom. The first-order valence-electron chi connectivity index (χ1n) is 4.87. The fourth-order valence-corrected chi connectivity index (χ4v) is 0.878. The molecule has 0 spiro atoms. The Kier molecular flexibility index (Phi) is 10.8. The van der Waals surface area contributed by atoms with Gasteiger partial charge in [0.1, 0.15) is 11.7 Å². The highest BCUT2D eigenvalue weighted by Crippen LogP contribution is 2.22. The van der Waals surface area contributed by atoms with Crippen LogP contribution in [-0.2, 0) is 0 Å². The zero-order valence-electron chi connectivity index (χ0n) is 9.25. The highest BCUT2D eigenvalue weighted by atomic mass is 19.1.